The molecule has 33 heavy (non-hydrogen) atoms. The Morgan fingerprint density at radius 2 is 1.64 bits per heavy atom. The molecule has 0 aliphatic carbocycles. The van der Waals surface area contributed by atoms with Crippen LogP contribution in [0.4, 0.5) is 0 Å². The van der Waals surface area contributed by atoms with E-state index in [-0.39, 0.29) is 0 Å². The van der Waals surface area contributed by atoms with Gasteiger partial charge in [0.05, 0.1) is 21.3 Å². The number of halogens is 1. The Kier molecular flexibility index (Phi) is 5.92. The maximum Gasteiger partial charge on any atom is 0.176 e. The van der Waals surface area contributed by atoms with Crippen LogP contribution < -0.4 is 14.2 Å². The van der Waals surface area contributed by atoms with Gasteiger partial charge in [-0.1, -0.05) is 29.8 Å². The van der Waals surface area contributed by atoms with Gasteiger partial charge in [-0.15, -0.1) is 0 Å². The smallest absolute Gasteiger partial charge is 0.176 e. The lowest BCUT2D eigenvalue weighted by Gasteiger charge is -2.29. The third kappa shape index (κ3) is 4.14. The number of fused-ring (bicyclic) bond motifs is 2. The van der Waals surface area contributed by atoms with Crippen LogP contribution in [0.2, 0.25) is 5.02 Å². The lowest BCUT2D eigenvalue weighted by Crippen LogP contribution is -2.30. The fraction of sp³-hybridized carbons (Fsp3) is 0.259. The molecule has 0 bridgehead atoms. The summed E-state index contributed by atoms with van der Waals surface area (Å²) < 4.78 is 22.8. The second-order valence-corrected chi connectivity index (χ2v) is 8.66. The summed E-state index contributed by atoms with van der Waals surface area (Å²) in [6.45, 7) is 2.63. The first kappa shape index (κ1) is 21.7. The first-order valence-electron chi connectivity index (χ1n) is 10.9. The minimum Gasteiger partial charge on any atom is -0.493 e. The second-order valence-electron chi connectivity index (χ2n) is 8.23. The molecule has 0 spiro atoms. The number of hydrogen-bond acceptors (Lipinski definition) is 5. The van der Waals surface area contributed by atoms with E-state index in [2.05, 4.69) is 29.2 Å². The van der Waals surface area contributed by atoms with Crippen molar-refractivity contribution in [1.29, 1.82) is 0 Å². The highest BCUT2D eigenvalue weighted by atomic mass is 35.5. The number of nitrogens with zero attached hydrogens (tertiary/aromatic N) is 1. The summed E-state index contributed by atoms with van der Waals surface area (Å²) in [4.78, 5) is 2.45. The van der Waals surface area contributed by atoms with Crippen LogP contribution in [0.15, 0.2) is 59.0 Å². The van der Waals surface area contributed by atoms with E-state index in [9.17, 15) is 0 Å². The van der Waals surface area contributed by atoms with E-state index >= 15 is 0 Å². The summed E-state index contributed by atoms with van der Waals surface area (Å²) in [5.41, 5.74) is 5.49. The molecule has 0 saturated heterocycles. The van der Waals surface area contributed by atoms with Gasteiger partial charge in [-0.3, -0.25) is 4.90 Å². The molecule has 6 heteroatoms. The Morgan fingerprint density at radius 3 is 2.36 bits per heavy atom. The van der Waals surface area contributed by atoms with Gasteiger partial charge in [-0.25, -0.2) is 0 Å². The summed E-state index contributed by atoms with van der Waals surface area (Å²) in [6, 6.07) is 18.1. The SMILES string of the molecule is COc1cc2c(cc1OC)CN(Cc1ccc(OC)c3oc(-c4cccc(Cl)c4)cc13)CC2. The number of ether oxygens (including phenoxy) is 3. The van der Waals surface area contributed by atoms with Crippen LogP contribution in [-0.4, -0.2) is 32.8 Å². The van der Waals surface area contributed by atoms with Crippen LogP contribution in [-0.2, 0) is 19.5 Å². The van der Waals surface area contributed by atoms with Crippen molar-refractivity contribution in [2.24, 2.45) is 0 Å². The molecule has 0 N–H and O–H groups in total. The van der Waals surface area contributed by atoms with Crippen molar-refractivity contribution in [3.63, 3.8) is 0 Å². The Bertz CT molecular complexity index is 1310. The molecular weight excluding hydrogens is 438 g/mol. The van der Waals surface area contributed by atoms with Gasteiger partial charge in [0.25, 0.3) is 0 Å². The predicted octanol–water partition coefficient (Wildman–Crippen LogP) is 6.34. The van der Waals surface area contributed by atoms with Gasteiger partial charge in [-0.2, -0.15) is 0 Å². The van der Waals surface area contributed by atoms with Crippen molar-refractivity contribution in [2.75, 3.05) is 27.9 Å². The summed E-state index contributed by atoms with van der Waals surface area (Å²) in [7, 11) is 5.02. The Labute approximate surface area is 198 Å². The third-order valence-electron chi connectivity index (χ3n) is 6.26. The van der Waals surface area contributed by atoms with Crippen LogP contribution >= 0.6 is 11.6 Å². The molecule has 1 aliphatic rings. The number of methoxy groups -OCH3 is 3. The van der Waals surface area contributed by atoms with E-state index < -0.39 is 0 Å². The molecule has 0 unspecified atom stereocenters. The molecule has 4 aromatic rings. The molecule has 5 nitrogen and oxygen atoms in total. The number of benzene rings is 3. The monoisotopic (exact) mass is 463 g/mol. The van der Waals surface area contributed by atoms with Crippen LogP contribution in [0.1, 0.15) is 16.7 Å². The summed E-state index contributed by atoms with van der Waals surface area (Å²) in [5, 5.41) is 1.74. The van der Waals surface area contributed by atoms with Gasteiger partial charge in [0.1, 0.15) is 5.76 Å². The Hall–Kier alpha value is -3.15. The second kappa shape index (κ2) is 9.00. The normalized spacial score (nSPS) is 13.7. The predicted molar refractivity (Wildman–Crippen MR) is 131 cm³/mol. The lowest BCUT2D eigenvalue weighted by molar-refractivity contribution is 0.245. The highest BCUT2D eigenvalue weighted by Gasteiger charge is 2.22. The van der Waals surface area contributed by atoms with Crippen molar-refractivity contribution in [3.05, 3.63) is 76.3 Å². The fourth-order valence-electron chi connectivity index (χ4n) is 4.55. The van der Waals surface area contributed by atoms with Gasteiger partial charge >= 0.3 is 0 Å². The van der Waals surface area contributed by atoms with Crippen molar-refractivity contribution >= 4 is 22.6 Å². The lowest BCUT2D eigenvalue weighted by atomic mass is 9.98. The average Bonchev–Trinajstić information content (AvgIpc) is 3.29. The number of furan rings is 1. The molecule has 0 atom stereocenters. The average molecular weight is 464 g/mol. The Balaban J connectivity index is 1.47. The van der Waals surface area contributed by atoms with Crippen LogP contribution in [0, 0.1) is 0 Å². The van der Waals surface area contributed by atoms with E-state index in [1.165, 1.54) is 16.7 Å². The molecule has 5 rings (SSSR count). The van der Waals surface area contributed by atoms with Gasteiger partial charge in [0.2, 0.25) is 0 Å². The fourth-order valence-corrected chi connectivity index (χ4v) is 4.74. The van der Waals surface area contributed by atoms with Crippen LogP contribution in [0.5, 0.6) is 17.2 Å². The van der Waals surface area contributed by atoms with Crippen molar-refractivity contribution in [1.82, 2.24) is 4.90 Å². The van der Waals surface area contributed by atoms with E-state index in [0.717, 1.165) is 65.6 Å². The maximum absolute atomic E-state index is 6.24. The molecule has 0 amide bonds. The summed E-state index contributed by atoms with van der Waals surface area (Å²) in [6.07, 6.45) is 0.966. The van der Waals surface area contributed by atoms with E-state index in [0.29, 0.717) is 5.02 Å². The van der Waals surface area contributed by atoms with E-state index in [4.69, 9.17) is 30.2 Å². The van der Waals surface area contributed by atoms with Gasteiger partial charge in [0, 0.05) is 35.6 Å². The van der Waals surface area contributed by atoms with Gasteiger partial charge in [0.15, 0.2) is 22.8 Å². The summed E-state index contributed by atoms with van der Waals surface area (Å²) >= 11 is 6.20. The molecule has 0 radical (unpaired) electrons. The number of rotatable bonds is 6. The molecular formula is C27H26ClNO4. The molecule has 1 aromatic heterocycles. The van der Waals surface area contributed by atoms with Gasteiger partial charge in [-0.05, 0) is 59.5 Å². The molecule has 1 aliphatic heterocycles. The minimum absolute atomic E-state index is 0.680. The minimum atomic E-state index is 0.680. The molecule has 0 saturated carbocycles. The van der Waals surface area contributed by atoms with Crippen LogP contribution in [0.25, 0.3) is 22.3 Å². The van der Waals surface area contributed by atoms with Gasteiger partial charge < -0.3 is 18.6 Å². The molecule has 3 aromatic carbocycles. The van der Waals surface area contributed by atoms with Crippen molar-refractivity contribution in [3.8, 4) is 28.6 Å². The molecule has 170 valence electrons. The maximum atomic E-state index is 6.24. The zero-order valence-corrected chi connectivity index (χ0v) is 19.7. The highest BCUT2D eigenvalue weighted by Crippen LogP contribution is 2.38. The van der Waals surface area contributed by atoms with Crippen molar-refractivity contribution < 1.29 is 18.6 Å². The first-order chi connectivity index (χ1) is 16.1. The number of hydrogen-bond donors (Lipinski definition) is 0. The largest absolute Gasteiger partial charge is 0.493 e. The van der Waals surface area contributed by atoms with E-state index in [1.54, 1.807) is 21.3 Å². The third-order valence-corrected chi connectivity index (χ3v) is 6.49. The quantitative estimate of drug-likeness (QED) is 0.334. The highest BCUT2D eigenvalue weighted by molar-refractivity contribution is 6.30. The Morgan fingerprint density at radius 1 is 0.879 bits per heavy atom. The van der Waals surface area contributed by atoms with Crippen LogP contribution in [0.3, 0.4) is 0 Å². The zero-order chi connectivity index (χ0) is 22.9. The van der Waals surface area contributed by atoms with E-state index in [1.807, 2.05) is 30.3 Å². The summed E-state index contributed by atoms with van der Waals surface area (Å²) in [5.74, 6) is 3.06. The van der Waals surface area contributed by atoms with Crippen molar-refractivity contribution in [2.45, 2.75) is 19.5 Å². The topological polar surface area (TPSA) is 44.1 Å². The standard InChI is InChI=1S/C27H26ClNO4/c1-30-23-8-7-19(22-14-24(33-27(22)23)18-5-4-6-21(28)11-18)15-29-10-9-17-12-25(31-2)26(32-3)13-20(17)16-29/h4-8,11-14H,9-10,15-16H2,1-3H3. The molecule has 0 fully saturated rings. The zero-order valence-electron chi connectivity index (χ0n) is 19.0. The first-order valence-corrected chi connectivity index (χ1v) is 11.3. The molecule has 2 heterocycles.